The van der Waals surface area contributed by atoms with Gasteiger partial charge in [0.15, 0.2) is 0 Å². The summed E-state index contributed by atoms with van der Waals surface area (Å²) in [5.41, 5.74) is 1.21. The van der Waals surface area contributed by atoms with Gasteiger partial charge in [-0.15, -0.1) is 0 Å². The first-order chi connectivity index (χ1) is 9.78. The molecule has 0 bridgehead atoms. The fourth-order valence-corrected chi connectivity index (χ4v) is 1.93. The highest BCUT2D eigenvalue weighted by molar-refractivity contribution is 6.30. The minimum Gasteiger partial charge on any atom is -0.457 e. The molecule has 0 aliphatic rings. The molecule has 2 aromatic carbocycles. The zero-order valence-electron chi connectivity index (χ0n) is 11.4. The number of methoxy groups -OCH3 is 1. The topological polar surface area (TPSA) is 30.5 Å². The molecule has 0 fully saturated rings. The van der Waals surface area contributed by atoms with Gasteiger partial charge in [-0.25, -0.2) is 0 Å². The lowest BCUT2D eigenvalue weighted by Crippen LogP contribution is -2.18. The molecule has 0 heterocycles. The summed E-state index contributed by atoms with van der Waals surface area (Å²) in [6.07, 6.45) is 0. The van der Waals surface area contributed by atoms with Crippen molar-refractivity contribution in [1.29, 1.82) is 0 Å². The average Bonchev–Trinajstić information content (AvgIpc) is 2.45. The van der Waals surface area contributed by atoms with Crippen molar-refractivity contribution in [3.63, 3.8) is 0 Å². The molecule has 4 heteroatoms. The molecule has 0 aromatic heterocycles. The molecule has 106 valence electrons. The van der Waals surface area contributed by atoms with E-state index in [1.54, 1.807) is 13.2 Å². The van der Waals surface area contributed by atoms with E-state index < -0.39 is 0 Å². The number of rotatable bonds is 7. The number of hydrogen-bond acceptors (Lipinski definition) is 3. The van der Waals surface area contributed by atoms with Crippen molar-refractivity contribution >= 4 is 11.6 Å². The molecule has 0 radical (unpaired) electrons. The molecule has 0 amide bonds. The largest absolute Gasteiger partial charge is 0.457 e. The quantitative estimate of drug-likeness (QED) is 0.786. The summed E-state index contributed by atoms with van der Waals surface area (Å²) in [5.74, 6) is 1.54. The molecular formula is C16H18ClNO2. The molecule has 1 N–H and O–H groups in total. The monoisotopic (exact) mass is 291 g/mol. The lowest BCUT2D eigenvalue weighted by molar-refractivity contribution is 0.199. The summed E-state index contributed by atoms with van der Waals surface area (Å²) in [4.78, 5) is 0. The van der Waals surface area contributed by atoms with Crippen LogP contribution in [-0.2, 0) is 11.3 Å². The molecule has 0 saturated heterocycles. The predicted octanol–water partition coefficient (Wildman–Crippen LogP) is 3.87. The number of hydrogen-bond donors (Lipinski definition) is 1. The smallest absolute Gasteiger partial charge is 0.128 e. The second kappa shape index (κ2) is 7.90. The minimum absolute atomic E-state index is 0.668. The Morgan fingerprint density at radius 3 is 2.55 bits per heavy atom. The van der Waals surface area contributed by atoms with Gasteiger partial charge in [0.1, 0.15) is 11.5 Å². The van der Waals surface area contributed by atoms with Gasteiger partial charge in [-0.3, -0.25) is 0 Å². The number of halogens is 1. The van der Waals surface area contributed by atoms with Gasteiger partial charge in [-0.2, -0.15) is 0 Å². The molecule has 0 aliphatic carbocycles. The van der Waals surface area contributed by atoms with E-state index in [1.165, 1.54) is 5.56 Å². The van der Waals surface area contributed by atoms with E-state index in [-0.39, 0.29) is 0 Å². The second-order valence-corrected chi connectivity index (χ2v) is 4.81. The molecule has 0 unspecified atom stereocenters. The summed E-state index contributed by atoms with van der Waals surface area (Å²) in [5, 5.41) is 3.96. The molecule has 3 nitrogen and oxygen atoms in total. The SMILES string of the molecule is COCCNCc1ccc(Oc2cccc(Cl)c2)cc1. The minimum atomic E-state index is 0.668. The van der Waals surface area contributed by atoms with Crippen LogP contribution in [0.3, 0.4) is 0 Å². The van der Waals surface area contributed by atoms with E-state index in [1.807, 2.05) is 42.5 Å². The molecule has 2 aromatic rings. The Bertz CT molecular complexity index is 528. The van der Waals surface area contributed by atoms with Gasteiger partial charge in [-0.05, 0) is 35.9 Å². The molecular weight excluding hydrogens is 274 g/mol. The van der Waals surface area contributed by atoms with Crippen LogP contribution in [0.25, 0.3) is 0 Å². The normalized spacial score (nSPS) is 10.5. The maximum absolute atomic E-state index is 5.92. The molecule has 20 heavy (non-hydrogen) atoms. The molecule has 2 rings (SSSR count). The average molecular weight is 292 g/mol. The van der Waals surface area contributed by atoms with Crippen molar-refractivity contribution in [2.75, 3.05) is 20.3 Å². The Morgan fingerprint density at radius 2 is 1.85 bits per heavy atom. The van der Waals surface area contributed by atoms with Crippen molar-refractivity contribution in [1.82, 2.24) is 5.32 Å². The van der Waals surface area contributed by atoms with Crippen molar-refractivity contribution < 1.29 is 9.47 Å². The zero-order valence-corrected chi connectivity index (χ0v) is 12.2. The fraction of sp³-hybridized carbons (Fsp3) is 0.250. The highest BCUT2D eigenvalue weighted by Crippen LogP contribution is 2.24. The highest BCUT2D eigenvalue weighted by atomic mass is 35.5. The van der Waals surface area contributed by atoms with Crippen molar-refractivity contribution in [3.8, 4) is 11.5 Å². The number of benzene rings is 2. The Labute approximate surface area is 124 Å². The number of nitrogens with one attached hydrogen (secondary N) is 1. The van der Waals surface area contributed by atoms with E-state index in [4.69, 9.17) is 21.1 Å². The fourth-order valence-electron chi connectivity index (χ4n) is 1.75. The summed E-state index contributed by atoms with van der Waals surface area (Å²) in [6, 6.07) is 15.4. The van der Waals surface area contributed by atoms with Crippen molar-refractivity contribution in [2.45, 2.75) is 6.54 Å². The van der Waals surface area contributed by atoms with Crippen LogP contribution in [0.5, 0.6) is 11.5 Å². The van der Waals surface area contributed by atoms with Crippen molar-refractivity contribution in [3.05, 3.63) is 59.1 Å². The predicted molar refractivity (Wildman–Crippen MR) is 81.6 cm³/mol. The summed E-state index contributed by atoms with van der Waals surface area (Å²) < 4.78 is 10.7. The van der Waals surface area contributed by atoms with Crippen LogP contribution >= 0.6 is 11.6 Å². The van der Waals surface area contributed by atoms with E-state index in [9.17, 15) is 0 Å². The lowest BCUT2D eigenvalue weighted by Gasteiger charge is -2.08. The van der Waals surface area contributed by atoms with Gasteiger partial charge in [0.05, 0.1) is 6.61 Å². The van der Waals surface area contributed by atoms with Crippen molar-refractivity contribution in [2.24, 2.45) is 0 Å². The van der Waals surface area contributed by atoms with Gasteiger partial charge in [0.2, 0.25) is 0 Å². The van der Waals surface area contributed by atoms with Gasteiger partial charge >= 0.3 is 0 Å². The van der Waals surface area contributed by atoms with Crippen LogP contribution in [0.2, 0.25) is 5.02 Å². The third-order valence-corrected chi connectivity index (χ3v) is 3.00. The first-order valence-corrected chi connectivity index (χ1v) is 6.88. The third-order valence-electron chi connectivity index (χ3n) is 2.77. The molecule has 0 aliphatic heterocycles. The maximum atomic E-state index is 5.92. The van der Waals surface area contributed by atoms with Crippen LogP contribution in [-0.4, -0.2) is 20.3 Å². The highest BCUT2D eigenvalue weighted by Gasteiger charge is 1.99. The van der Waals surface area contributed by atoms with Gasteiger partial charge in [0.25, 0.3) is 0 Å². The summed E-state index contributed by atoms with van der Waals surface area (Å²) in [7, 11) is 1.70. The molecule has 0 saturated carbocycles. The van der Waals surface area contributed by atoms with Crippen LogP contribution in [0.4, 0.5) is 0 Å². The van der Waals surface area contributed by atoms with Crippen LogP contribution < -0.4 is 10.1 Å². The van der Waals surface area contributed by atoms with Crippen LogP contribution in [0.15, 0.2) is 48.5 Å². The van der Waals surface area contributed by atoms with Crippen LogP contribution in [0.1, 0.15) is 5.56 Å². The van der Waals surface area contributed by atoms with E-state index in [0.717, 1.165) is 31.2 Å². The second-order valence-electron chi connectivity index (χ2n) is 4.37. The first-order valence-electron chi connectivity index (χ1n) is 6.50. The first kappa shape index (κ1) is 14.9. The van der Waals surface area contributed by atoms with Gasteiger partial charge < -0.3 is 14.8 Å². The Hall–Kier alpha value is -1.55. The maximum Gasteiger partial charge on any atom is 0.128 e. The summed E-state index contributed by atoms with van der Waals surface area (Å²) in [6.45, 7) is 2.38. The van der Waals surface area contributed by atoms with Gasteiger partial charge in [-0.1, -0.05) is 29.8 Å². The van der Waals surface area contributed by atoms with Gasteiger partial charge in [0, 0.05) is 25.2 Å². The van der Waals surface area contributed by atoms with E-state index in [0.29, 0.717) is 5.02 Å². The Morgan fingerprint density at radius 1 is 1.05 bits per heavy atom. The number of ether oxygens (including phenoxy) is 2. The standard InChI is InChI=1S/C16H18ClNO2/c1-19-10-9-18-12-13-5-7-15(8-6-13)20-16-4-2-3-14(17)11-16/h2-8,11,18H,9-10,12H2,1H3. The Balaban J connectivity index is 1.88. The van der Waals surface area contributed by atoms with Crippen LogP contribution in [0, 0.1) is 0 Å². The van der Waals surface area contributed by atoms with E-state index in [2.05, 4.69) is 5.32 Å². The molecule has 0 spiro atoms. The lowest BCUT2D eigenvalue weighted by atomic mass is 10.2. The Kier molecular flexibility index (Phi) is 5.87. The summed E-state index contributed by atoms with van der Waals surface area (Å²) >= 11 is 5.92. The zero-order chi connectivity index (χ0) is 14.2. The van der Waals surface area contributed by atoms with E-state index >= 15 is 0 Å². The molecule has 0 atom stereocenters. The third kappa shape index (κ3) is 4.85.